The number of carbonyl (C=O) groups is 4. The first-order chi connectivity index (χ1) is 17.8. The first-order valence-corrected chi connectivity index (χ1v) is 11.1. The monoisotopic (exact) mass is 498 g/mol. The molecule has 9 heteroatoms. The number of carboxylic acids is 1. The molecule has 9 nitrogen and oxygen atoms in total. The molecule has 3 N–H and O–H groups in total. The molecule has 0 saturated carbocycles. The van der Waals surface area contributed by atoms with Gasteiger partial charge in [0.25, 0.3) is 18.3 Å². The van der Waals surface area contributed by atoms with Gasteiger partial charge in [-0.15, -0.1) is 0 Å². The van der Waals surface area contributed by atoms with Gasteiger partial charge in [-0.2, -0.15) is 0 Å². The van der Waals surface area contributed by atoms with E-state index in [1.807, 2.05) is 31.2 Å². The number of aromatic carboxylic acids is 1. The van der Waals surface area contributed by atoms with Crippen molar-refractivity contribution in [2.75, 3.05) is 12.4 Å². The summed E-state index contributed by atoms with van der Waals surface area (Å²) in [6.45, 7) is 2.14. The molecule has 0 unspecified atom stereocenters. The zero-order valence-corrected chi connectivity index (χ0v) is 19.9. The van der Waals surface area contributed by atoms with E-state index in [-0.39, 0.29) is 39.7 Å². The number of hydrogen-bond acceptors (Lipinski definition) is 6. The predicted octanol–water partition coefficient (Wildman–Crippen LogP) is 4.79. The van der Waals surface area contributed by atoms with Crippen molar-refractivity contribution in [2.45, 2.75) is 6.92 Å². The van der Waals surface area contributed by atoms with Gasteiger partial charge in [-0.1, -0.05) is 17.7 Å². The molecule has 0 aliphatic heterocycles. The summed E-state index contributed by atoms with van der Waals surface area (Å²) in [6, 6.07) is 19.4. The van der Waals surface area contributed by atoms with Crippen LogP contribution in [-0.4, -0.2) is 36.4 Å². The fourth-order valence-electron chi connectivity index (χ4n) is 3.85. The number of amides is 2. The van der Waals surface area contributed by atoms with Crippen molar-refractivity contribution in [2.24, 2.45) is 0 Å². The second-order valence-corrected chi connectivity index (χ2v) is 8.01. The van der Waals surface area contributed by atoms with Crippen molar-refractivity contribution < 1.29 is 33.8 Å². The molecule has 186 valence electrons. The van der Waals surface area contributed by atoms with Crippen LogP contribution in [0, 0.1) is 6.92 Å². The smallest absolute Gasteiger partial charge is 0.336 e. The number of benzene rings is 4. The normalized spacial score (nSPS) is 10.4. The van der Waals surface area contributed by atoms with Crippen LogP contribution in [0.15, 0.2) is 72.8 Å². The van der Waals surface area contributed by atoms with Crippen molar-refractivity contribution in [3.8, 4) is 17.2 Å². The van der Waals surface area contributed by atoms with Crippen LogP contribution in [0.1, 0.15) is 36.6 Å². The minimum absolute atomic E-state index is 0.0172. The van der Waals surface area contributed by atoms with Crippen LogP contribution in [0.2, 0.25) is 0 Å². The Hall–Kier alpha value is -5.18. The molecule has 0 radical (unpaired) electrons. The lowest BCUT2D eigenvalue weighted by Gasteiger charge is -2.15. The number of carboxylic acid groups (broad SMARTS) is 1. The molecule has 0 heterocycles. The van der Waals surface area contributed by atoms with Crippen molar-refractivity contribution in [3.05, 3.63) is 95.1 Å². The van der Waals surface area contributed by atoms with E-state index < -0.39 is 17.8 Å². The fourth-order valence-corrected chi connectivity index (χ4v) is 3.85. The molecule has 0 fully saturated rings. The Labute approximate surface area is 211 Å². The zero-order valence-electron chi connectivity index (χ0n) is 19.9. The van der Waals surface area contributed by atoms with Gasteiger partial charge >= 0.3 is 5.97 Å². The van der Waals surface area contributed by atoms with E-state index in [0.717, 1.165) is 5.56 Å². The summed E-state index contributed by atoms with van der Waals surface area (Å²) in [5, 5.41) is 15.0. The number of rotatable bonds is 8. The first kappa shape index (κ1) is 24.9. The number of aryl methyl sites for hydroxylation is 1. The molecule has 4 aromatic rings. The zero-order chi connectivity index (χ0) is 26.5. The third-order valence-corrected chi connectivity index (χ3v) is 5.61. The lowest BCUT2D eigenvalue weighted by atomic mass is 9.93. The van der Waals surface area contributed by atoms with E-state index in [0.29, 0.717) is 17.2 Å². The molecule has 4 aromatic carbocycles. The van der Waals surface area contributed by atoms with Gasteiger partial charge < -0.3 is 25.2 Å². The van der Waals surface area contributed by atoms with Crippen molar-refractivity contribution in [1.82, 2.24) is 5.32 Å². The topological polar surface area (TPSA) is 131 Å². The Kier molecular flexibility index (Phi) is 7.15. The third-order valence-electron chi connectivity index (χ3n) is 5.61. The molecular formula is C28H22N2O7. The second kappa shape index (κ2) is 10.6. The SMILES string of the molecule is CNC(=O)c1ccc(C(=O)O)c2c(C(=O)Nc3ccc(Oc4ccc(C)cc4)cc3)ccc(OC=O)c12. The largest absolute Gasteiger partial charge is 0.478 e. The number of carbonyl (C=O) groups excluding carboxylic acids is 3. The van der Waals surface area contributed by atoms with E-state index in [4.69, 9.17) is 9.47 Å². The molecule has 0 atom stereocenters. The number of nitrogens with one attached hydrogen (secondary N) is 2. The molecule has 0 saturated heterocycles. The van der Waals surface area contributed by atoms with Crippen LogP contribution in [-0.2, 0) is 4.79 Å². The lowest BCUT2D eigenvalue weighted by Crippen LogP contribution is -2.20. The maximum Gasteiger partial charge on any atom is 0.336 e. The molecule has 2 amide bonds. The maximum atomic E-state index is 13.3. The van der Waals surface area contributed by atoms with Gasteiger partial charge in [-0.05, 0) is 67.6 Å². The molecule has 37 heavy (non-hydrogen) atoms. The summed E-state index contributed by atoms with van der Waals surface area (Å²) < 4.78 is 10.8. The Morgan fingerprint density at radius 2 is 1.32 bits per heavy atom. The van der Waals surface area contributed by atoms with Crippen LogP contribution in [0.3, 0.4) is 0 Å². The highest BCUT2D eigenvalue weighted by molar-refractivity contribution is 6.22. The van der Waals surface area contributed by atoms with Crippen molar-refractivity contribution >= 4 is 40.7 Å². The molecule has 0 bridgehead atoms. The van der Waals surface area contributed by atoms with E-state index >= 15 is 0 Å². The van der Waals surface area contributed by atoms with Crippen LogP contribution >= 0.6 is 0 Å². The average Bonchev–Trinajstić information content (AvgIpc) is 2.90. The van der Waals surface area contributed by atoms with Gasteiger partial charge in [-0.3, -0.25) is 14.4 Å². The minimum atomic E-state index is -1.32. The van der Waals surface area contributed by atoms with Crippen molar-refractivity contribution in [3.63, 3.8) is 0 Å². The van der Waals surface area contributed by atoms with Gasteiger partial charge in [0.1, 0.15) is 17.2 Å². The Morgan fingerprint density at radius 1 is 0.757 bits per heavy atom. The highest BCUT2D eigenvalue weighted by Gasteiger charge is 2.24. The summed E-state index contributed by atoms with van der Waals surface area (Å²) in [7, 11) is 1.41. The van der Waals surface area contributed by atoms with Crippen LogP contribution in [0.25, 0.3) is 10.8 Å². The maximum absolute atomic E-state index is 13.3. The van der Waals surface area contributed by atoms with Crippen LogP contribution < -0.4 is 20.1 Å². The Balaban J connectivity index is 1.71. The number of hydrogen-bond donors (Lipinski definition) is 3. The molecular weight excluding hydrogens is 476 g/mol. The fraction of sp³-hybridized carbons (Fsp3) is 0.0714. The molecule has 0 spiro atoms. The average molecular weight is 498 g/mol. The molecule has 4 rings (SSSR count). The first-order valence-electron chi connectivity index (χ1n) is 11.1. The van der Waals surface area contributed by atoms with E-state index in [9.17, 15) is 24.3 Å². The van der Waals surface area contributed by atoms with Crippen LogP contribution in [0.4, 0.5) is 5.69 Å². The van der Waals surface area contributed by atoms with Gasteiger partial charge in [0, 0.05) is 29.1 Å². The standard InChI is InChI=1S/C28H22N2O7/c1-16-3-7-18(8-4-16)37-19-9-5-17(6-10-19)30-27(33)20-13-14-23(36-15-31)25-21(26(32)29-2)11-12-22(24(20)25)28(34)35/h3-15H,1-2H3,(H,29,32)(H,30,33)(H,34,35). The third kappa shape index (κ3) is 5.25. The van der Waals surface area contributed by atoms with Gasteiger partial charge in [-0.25, -0.2) is 4.79 Å². The highest BCUT2D eigenvalue weighted by Crippen LogP contribution is 2.35. The summed E-state index contributed by atoms with van der Waals surface area (Å²) >= 11 is 0. The summed E-state index contributed by atoms with van der Waals surface area (Å²) in [6.07, 6.45) is 0. The number of ether oxygens (including phenoxy) is 2. The Bertz CT molecular complexity index is 1510. The van der Waals surface area contributed by atoms with E-state index in [1.165, 1.54) is 31.3 Å². The van der Waals surface area contributed by atoms with Gasteiger partial charge in [0.15, 0.2) is 0 Å². The Morgan fingerprint density at radius 3 is 1.92 bits per heavy atom. The lowest BCUT2D eigenvalue weighted by molar-refractivity contribution is -0.120. The molecule has 0 aliphatic carbocycles. The summed E-state index contributed by atoms with van der Waals surface area (Å²) in [5.74, 6) is -1.30. The van der Waals surface area contributed by atoms with Crippen molar-refractivity contribution in [1.29, 1.82) is 0 Å². The summed E-state index contributed by atoms with van der Waals surface area (Å²) in [5.41, 5.74) is 1.34. The summed E-state index contributed by atoms with van der Waals surface area (Å²) in [4.78, 5) is 48.9. The quantitative estimate of drug-likeness (QED) is 0.298. The molecule has 0 aromatic heterocycles. The van der Waals surface area contributed by atoms with Gasteiger partial charge in [0.2, 0.25) is 0 Å². The van der Waals surface area contributed by atoms with E-state index in [1.54, 1.807) is 24.3 Å². The van der Waals surface area contributed by atoms with Crippen LogP contribution in [0.5, 0.6) is 17.2 Å². The van der Waals surface area contributed by atoms with Gasteiger partial charge in [0.05, 0.1) is 11.1 Å². The van der Waals surface area contributed by atoms with E-state index in [2.05, 4.69) is 10.6 Å². The number of anilines is 1. The molecule has 0 aliphatic rings. The second-order valence-electron chi connectivity index (χ2n) is 8.01. The minimum Gasteiger partial charge on any atom is -0.478 e. The predicted molar refractivity (Wildman–Crippen MR) is 137 cm³/mol. The highest BCUT2D eigenvalue weighted by atomic mass is 16.5. The number of fused-ring (bicyclic) bond motifs is 1.